The van der Waals surface area contributed by atoms with E-state index in [1.807, 2.05) is 11.8 Å². The van der Waals surface area contributed by atoms with E-state index in [9.17, 15) is 22.8 Å². The maximum Gasteiger partial charge on any atom is 0.421 e. The van der Waals surface area contributed by atoms with Gasteiger partial charge in [0, 0.05) is 56.0 Å². The predicted octanol–water partition coefficient (Wildman–Crippen LogP) is 3.27. The summed E-state index contributed by atoms with van der Waals surface area (Å²) in [6.45, 7) is 5.77. The number of pyridine rings is 1. The topological polar surface area (TPSA) is 110 Å². The fraction of sp³-hybridized carbons (Fsp3) is 0.667. The van der Waals surface area contributed by atoms with Gasteiger partial charge in [0.2, 0.25) is 11.8 Å². The number of hydrogen-bond donors (Lipinski definition) is 1. The van der Waals surface area contributed by atoms with Gasteiger partial charge in [-0.25, -0.2) is 4.98 Å². The van der Waals surface area contributed by atoms with Crippen LogP contribution in [0.1, 0.15) is 72.8 Å². The van der Waals surface area contributed by atoms with Crippen molar-refractivity contribution < 1.29 is 37.3 Å². The van der Waals surface area contributed by atoms with E-state index in [4.69, 9.17) is 19.7 Å². The van der Waals surface area contributed by atoms with Gasteiger partial charge in [-0.15, -0.1) is 0 Å². The molecule has 0 aromatic carbocycles. The van der Waals surface area contributed by atoms with E-state index in [0.717, 1.165) is 23.7 Å². The summed E-state index contributed by atoms with van der Waals surface area (Å²) in [4.78, 5) is 34.5. The van der Waals surface area contributed by atoms with Gasteiger partial charge in [-0.2, -0.15) is 18.3 Å². The van der Waals surface area contributed by atoms with E-state index in [2.05, 4.69) is 11.9 Å². The van der Waals surface area contributed by atoms with Crippen LogP contribution in [0.4, 0.5) is 13.2 Å². The molecule has 0 radical (unpaired) electrons. The van der Waals surface area contributed by atoms with Crippen LogP contribution < -0.4 is 4.74 Å². The summed E-state index contributed by atoms with van der Waals surface area (Å²) in [5.41, 5.74) is 1.49. The third-order valence-corrected chi connectivity index (χ3v) is 9.59. The number of likely N-dealkylation sites (tertiary alicyclic amines) is 2. The number of aliphatic hydroxyl groups excluding tert-OH is 1. The number of alkyl halides is 3. The molecule has 3 fully saturated rings. The highest BCUT2D eigenvalue weighted by Gasteiger charge is 2.56. The molecule has 2 aliphatic carbocycles. The maximum atomic E-state index is 13.7. The molecular formula is C30H38F3N5O5. The average molecular weight is 606 g/mol. The summed E-state index contributed by atoms with van der Waals surface area (Å²) in [6, 6.07) is 1.93. The van der Waals surface area contributed by atoms with Crippen LogP contribution in [0.5, 0.6) is 5.88 Å². The number of halogens is 3. The molecule has 10 nitrogen and oxygen atoms in total. The Kier molecular flexibility index (Phi) is 8.14. The van der Waals surface area contributed by atoms with Gasteiger partial charge in [-0.05, 0) is 56.1 Å². The molecule has 4 heterocycles. The standard InChI is InChI=1S/C30H38F3N5O5/c1-17-14-20(43-28-22(30(31,32)33)4-3-8-34-28)7-11-37(17)24(40)16-38-23-15-21-18(2)25(21)26(23)27(35-38)29(41)36-9-5-19(6-10-36)42-13-12-39/h3-4,8,17-21,25,39H,5-7,9-16H2,1-2H3/t17-,18+,20+,21-,25+/m0/s1. The molecule has 2 aliphatic heterocycles. The number of rotatable bonds is 8. The number of aromatic nitrogens is 3. The van der Waals surface area contributed by atoms with Crippen molar-refractivity contribution >= 4 is 11.8 Å². The van der Waals surface area contributed by atoms with Crippen molar-refractivity contribution in [1.29, 1.82) is 0 Å². The summed E-state index contributed by atoms with van der Waals surface area (Å²) in [6.07, 6.45) is -0.824. The van der Waals surface area contributed by atoms with Crippen LogP contribution >= 0.6 is 0 Å². The molecule has 2 saturated heterocycles. The lowest BCUT2D eigenvalue weighted by atomic mass is 10.0. The first-order valence-electron chi connectivity index (χ1n) is 15.2. The molecule has 6 rings (SSSR count). The van der Waals surface area contributed by atoms with Crippen LogP contribution in [0.15, 0.2) is 18.3 Å². The quantitative estimate of drug-likeness (QED) is 0.492. The molecule has 43 heavy (non-hydrogen) atoms. The van der Waals surface area contributed by atoms with Gasteiger partial charge in [0.25, 0.3) is 5.91 Å². The second-order valence-corrected chi connectivity index (χ2v) is 12.3. The highest BCUT2D eigenvalue weighted by atomic mass is 19.4. The SMILES string of the molecule is C[C@@H]1[C@@H]2Cc3c(c(C(=O)N4CCC(OCCO)CC4)nn3CC(=O)N3CC[C@@H](Oc4ncccc4C(F)(F)F)C[C@@H]3C)[C@H]12. The molecule has 13 heteroatoms. The van der Waals surface area contributed by atoms with E-state index in [1.54, 1.807) is 9.58 Å². The van der Waals surface area contributed by atoms with E-state index in [1.165, 1.54) is 12.3 Å². The second kappa shape index (κ2) is 11.7. The van der Waals surface area contributed by atoms with E-state index in [-0.39, 0.29) is 43.7 Å². The highest BCUT2D eigenvalue weighted by Crippen LogP contribution is 2.62. The molecule has 2 aromatic rings. The van der Waals surface area contributed by atoms with Crippen LogP contribution in [0.2, 0.25) is 0 Å². The Balaban J connectivity index is 1.11. The molecule has 1 N–H and O–H groups in total. The first-order valence-corrected chi connectivity index (χ1v) is 15.2. The highest BCUT2D eigenvalue weighted by molar-refractivity contribution is 5.95. The monoisotopic (exact) mass is 605 g/mol. The largest absolute Gasteiger partial charge is 0.474 e. The van der Waals surface area contributed by atoms with Crippen molar-refractivity contribution in [2.24, 2.45) is 11.8 Å². The third-order valence-electron chi connectivity index (χ3n) is 9.59. The Bertz CT molecular complexity index is 1360. The van der Waals surface area contributed by atoms with E-state index in [0.29, 0.717) is 68.8 Å². The number of carbonyl (C=O) groups excluding carboxylic acids is 2. The molecule has 1 saturated carbocycles. The van der Waals surface area contributed by atoms with Crippen molar-refractivity contribution in [3.05, 3.63) is 40.8 Å². The molecular weight excluding hydrogens is 567 g/mol. The Labute approximate surface area is 248 Å². The van der Waals surface area contributed by atoms with Crippen molar-refractivity contribution in [3.8, 4) is 5.88 Å². The fourth-order valence-electron chi connectivity index (χ4n) is 7.20. The number of carbonyl (C=O) groups is 2. The minimum atomic E-state index is -4.57. The van der Waals surface area contributed by atoms with Crippen LogP contribution in [0, 0.1) is 11.8 Å². The fourth-order valence-corrected chi connectivity index (χ4v) is 7.20. The maximum absolute atomic E-state index is 13.7. The molecule has 5 atom stereocenters. The number of aliphatic hydroxyl groups is 1. The number of piperidine rings is 2. The van der Waals surface area contributed by atoms with Crippen LogP contribution in [-0.2, 0) is 28.7 Å². The lowest BCUT2D eigenvalue weighted by molar-refractivity contribution is -0.140. The summed E-state index contributed by atoms with van der Waals surface area (Å²) < 4.78 is 53.2. The number of nitrogens with zero attached hydrogens (tertiary/aromatic N) is 5. The number of ether oxygens (including phenoxy) is 2. The van der Waals surface area contributed by atoms with Crippen LogP contribution in [0.3, 0.4) is 0 Å². The van der Waals surface area contributed by atoms with Gasteiger partial charge in [-0.3, -0.25) is 14.3 Å². The van der Waals surface area contributed by atoms with Crippen molar-refractivity contribution in [3.63, 3.8) is 0 Å². The first kappa shape index (κ1) is 29.9. The predicted molar refractivity (Wildman–Crippen MR) is 147 cm³/mol. The van der Waals surface area contributed by atoms with Crippen LogP contribution in [-0.4, -0.2) is 92.6 Å². The normalized spacial score (nSPS) is 27.2. The van der Waals surface area contributed by atoms with Gasteiger partial charge in [0.05, 0.1) is 19.3 Å². The lowest BCUT2D eigenvalue weighted by Crippen LogP contribution is -2.48. The molecule has 2 amide bonds. The van der Waals surface area contributed by atoms with Crippen molar-refractivity contribution in [2.45, 2.75) is 82.8 Å². The van der Waals surface area contributed by atoms with Gasteiger partial charge < -0.3 is 24.4 Å². The van der Waals surface area contributed by atoms with Gasteiger partial charge >= 0.3 is 6.18 Å². The summed E-state index contributed by atoms with van der Waals surface area (Å²) in [5, 5.41) is 13.7. The third kappa shape index (κ3) is 5.85. The van der Waals surface area contributed by atoms with Gasteiger partial charge in [-0.1, -0.05) is 6.92 Å². The van der Waals surface area contributed by atoms with Crippen LogP contribution in [0.25, 0.3) is 0 Å². The van der Waals surface area contributed by atoms with Crippen molar-refractivity contribution in [1.82, 2.24) is 24.6 Å². The Morgan fingerprint density at radius 2 is 1.86 bits per heavy atom. The summed E-state index contributed by atoms with van der Waals surface area (Å²) in [5.74, 6) is 0.565. The summed E-state index contributed by atoms with van der Waals surface area (Å²) >= 11 is 0. The molecule has 2 aromatic heterocycles. The average Bonchev–Trinajstić information content (AvgIpc) is 3.27. The van der Waals surface area contributed by atoms with E-state index >= 15 is 0 Å². The summed E-state index contributed by atoms with van der Waals surface area (Å²) in [7, 11) is 0. The zero-order valence-corrected chi connectivity index (χ0v) is 24.4. The molecule has 0 spiro atoms. The minimum Gasteiger partial charge on any atom is -0.474 e. The van der Waals surface area contributed by atoms with Gasteiger partial charge in [0.15, 0.2) is 5.69 Å². The van der Waals surface area contributed by atoms with E-state index < -0.39 is 23.7 Å². The molecule has 4 aliphatic rings. The molecule has 0 bridgehead atoms. The molecule has 0 unspecified atom stereocenters. The number of amides is 2. The Morgan fingerprint density at radius 3 is 2.56 bits per heavy atom. The minimum absolute atomic E-state index is 0.00876. The number of hydrogen-bond acceptors (Lipinski definition) is 7. The second-order valence-electron chi connectivity index (χ2n) is 12.3. The first-order chi connectivity index (χ1) is 20.6. The molecule has 234 valence electrons. The zero-order chi connectivity index (χ0) is 30.5. The lowest BCUT2D eigenvalue weighted by Gasteiger charge is -2.37. The Hall–Kier alpha value is -3.19. The number of fused-ring (bicyclic) bond motifs is 3. The smallest absolute Gasteiger partial charge is 0.421 e. The zero-order valence-electron chi connectivity index (χ0n) is 24.4. The Morgan fingerprint density at radius 1 is 1.12 bits per heavy atom. The van der Waals surface area contributed by atoms with Gasteiger partial charge in [0.1, 0.15) is 18.2 Å². The van der Waals surface area contributed by atoms with Crippen molar-refractivity contribution in [2.75, 3.05) is 32.8 Å².